The molecule has 0 radical (unpaired) electrons. The zero-order chi connectivity index (χ0) is 18.1. The first-order valence-electron chi connectivity index (χ1n) is 7.89. The molecule has 25 heavy (non-hydrogen) atoms. The summed E-state index contributed by atoms with van der Waals surface area (Å²) in [7, 11) is 3.73. The zero-order valence-electron chi connectivity index (χ0n) is 14.3. The van der Waals surface area contributed by atoms with Crippen LogP contribution in [0.15, 0.2) is 30.3 Å². The SMILES string of the molecule is CCOC(=O)c1cc2c(N(C)C)nc3ccccc3c2c(C#N)c1N. The molecule has 3 rings (SSSR count). The molecule has 6 heteroatoms. The summed E-state index contributed by atoms with van der Waals surface area (Å²) in [5.74, 6) is 0.118. The van der Waals surface area contributed by atoms with Crippen LogP contribution in [-0.4, -0.2) is 31.7 Å². The predicted octanol–water partition coefficient (Wildman–Crippen LogP) is 3.08. The van der Waals surface area contributed by atoms with Crippen molar-refractivity contribution in [3.05, 3.63) is 41.5 Å². The third-order valence-corrected chi connectivity index (χ3v) is 4.04. The third-order valence-electron chi connectivity index (χ3n) is 4.04. The number of anilines is 2. The maximum Gasteiger partial charge on any atom is 0.340 e. The molecule has 1 heterocycles. The highest BCUT2D eigenvalue weighted by atomic mass is 16.5. The number of ether oxygens (including phenoxy) is 1. The minimum Gasteiger partial charge on any atom is -0.462 e. The monoisotopic (exact) mass is 334 g/mol. The van der Waals surface area contributed by atoms with Gasteiger partial charge in [-0.1, -0.05) is 18.2 Å². The van der Waals surface area contributed by atoms with Crippen molar-refractivity contribution in [2.24, 2.45) is 0 Å². The molecule has 6 nitrogen and oxygen atoms in total. The molecule has 1 aromatic heterocycles. The van der Waals surface area contributed by atoms with Crippen LogP contribution in [0, 0.1) is 11.3 Å². The first kappa shape index (κ1) is 16.5. The van der Waals surface area contributed by atoms with Gasteiger partial charge in [-0.05, 0) is 19.1 Å². The summed E-state index contributed by atoms with van der Waals surface area (Å²) in [6.45, 7) is 1.95. The molecular weight excluding hydrogens is 316 g/mol. The number of carbonyl (C=O) groups is 1. The average molecular weight is 334 g/mol. The largest absolute Gasteiger partial charge is 0.462 e. The smallest absolute Gasteiger partial charge is 0.340 e. The van der Waals surface area contributed by atoms with Crippen molar-refractivity contribution in [3.8, 4) is 6.07 Å². The Morgan fingerprint density at radius 2 is 2.04 bits per heavy atom. The molecule has 3 aromatic rings. The van der Waals surface area contributed by atoms with E-state index >= 15 is 0 Å². The number of aromatic nitrogens is 1. The molecule has 0 amide bonds. The Balaban J connectivity index is 2.54. The Kier molecular flexibility index (Phi) is 4.15. The molecule has 0 atom stereocenters. The van der Waals surface area contributed by atoms with Crippen LogP contribution in [0.2, 0.25) is 0 Å². The molecule has 2 aromatic carbocycles. The Morgan fingerprint density at radius 1 is 1.32 bits per heavy atom. The van der Waals surface area contributed by atoms with E-state index in [4.69, 9.17) is 10.5 Å². The second-order valence-electron chi connectivity index (χ2n) is 5.81. The van der Waals surface area contributed by atoms with Gasteiger partial charge in [0.1, 0.15) is 11.9 Å². The maximum atomic E-state index is 12.3. The van der Waals surface area contributed by atoms with Gasteiger partial charge in [-0.2, -0.15) is 5.26 Å². The van der Waals surface area contributed by atoms with Crippen LogP contribution in [-0.2, 0) is 4.74 Å². The van der Waals surface area contributed by atoms with Gasteiger partial charge in [-0.3, -0.25) is 0 Å². The van der Waals surface area contributed by atoms with Crippen LogP contribution in [0.5, 0.6) is 0 Å². The van der Waals surface area contributed by atoms with E-state index in [0.29, 0.717) is 16.6 Å². The number of rotatable bonds is 3. The van der Waals surface area contributed by atoms with Crippen molar-refractivity contribution >= 4 is 39.1 Å². The lowest BCUT2D eigenvalue weighted by atomic mass is 9.96. The Labute approximate surface area is 145 Å². The van der Waals surface area contributed by atoms with Gasteiger partial charge in [0, 0.05) is 30.3 Å². The topological polar surface area (TPSA) is 92.2 Å². The minimum absolute atomic E-state index is 0.134. The van der Waals surface area contributed by atoms with Crippen LogP contribution in [0.25, 0.3) is 21.7 Å². The Morgan fingerprint density at radius 3 is 2.68 bits per heavy atom. The van der Waals surface area contributed by atoms with Gasteiger partial charge in [0.2, 0.25) is 0 Å². The summed E-state index contributed by atoms with van der Waals surface area (Å²) >= 11 is 0. The Hall–Kier alpha value is -3.33. The Bertz CT molecular complexity index is 1040. The number of nitrogens with zero attached hydrogens (tertiary/aromatic N) is 3. The summed E-state index contributed by atoms with van der Waals surface area (Å²) in [5.41, 5.74) is 7.50. The summed E-state index contributed by atoms with van der Waals surface area (Å²) in [6, 6.07) is 11.4. The van der Waals surface area contributed by atoms with Crippen molar-refractivity contribution in [2.45, 2.75) is 6.92 Å². The molecular formula is C19H18N4O2. The third kappa shape index (κ3) is 2.60. The first-order chi connectivity index (χ1) is 12.0. The fourth-order valence-corrected chi connectivity index (χ4v) is 2.95. The zero-order valence-corrected chi connectivity index (χ0v) is 14.3. The van der Waals surface area contributed by atoms with Crippen LogP contribution >= 0.6 is 0 Å². The molecule has 0 spiro atoms. The fraction of sp³-hybridized carbons (Fsp3) is 0.211. The molecule has 0 aliphatic carbocycles. The number of nitrogens with two attached hydrogens (primary N) is 1. The minimum atomic E-state index is -0.545. The van der Waals surface area contributed by atoms with Gasteiger partial charge in [-0.25, -0.2) is 9.78 Å². The quantitative estimate of drug-likeness (QED) is 0.449. The van der Waals surface area contributed by atoms with E-state index < -0.39 is 5.97 Å². The van der Waals surface area contributed by atoms with Crippen LogP contribution in [0.4, 0.5) is 11.5 Å². The number of hydrogen-bond donors (Lipinski definition) is 1. The van der Waals surface area contributed by atoms with Gasteiger partial charge >= 0.3 is 5.97 Å². The summed E-state index contributed by atoms with van der Waals surface area (Å²) in [6.07, 6.45) is 0. The van der Waals surface area contributed by atoms with Crippen molar-refractivity contribution in [1.29, 1.82) is 5.26 Å². The summed E-state index contributed by atoms with van der Waals surface area (Å²) in [4.78, 5) is 18.8. The van der Waals surface area contributed by atoms with Crippen LogP contribution < -0.4 is 10.6 Å². The molecule has 0 unspecified atom stereocenters. The van der Waals surface area contributed by atoms with Crippen molar-refractivity contribution in [2.75, 3.05) is 31.3 Å². The van der Waals surface area contributed by atoms with E-state index in [2.05, 4.69) is 11.1 Å². The number of carbonyl (C=O) groups excluding carboxylic acids is 1. The number of pyridine rings is 1. The maximum absolute atomic E-state index is 12.3. The highest BCUT2D eigenvalue weighted by Gasteiger charge is 2.22. The van der Waals surface area contributed by atoms with Gasteiger partial charge < -0.3 is 15.4 Å². The lowest BCUT2D eigenvalue weighted by Crippen LogP contribution is -2.14. The highest BCUT2D eigenvalue weighted by molar-refractivity contribution is 6.17. The van der Waals surface area contributed by atoms with E-state index in [1.165, 1.54) is 0 Å². The van der Waals surface area contributed by atoms with E-state index in [0.717, 1.165) is 10.9 Å². The van der Waals surface area contributed by atoms with Gasteiger partial charge in [0.15, 0.2) is 0 Å². The fourth-order valence-electron chi connectivity index (χ4n) is 2.95. The summed E-state index contributed by atoms with van der Waals surface area (Å²) < 4.78 is 5.08. The van der Waals surface area contributed by atoms with Crippen molar-refractivity contribution < 1.29 is 9.53 Å². The highest BCUT2D eigenvalue weighted by Crippen LogP contribution is 2.37. The number of nitrogen functional groups attached to an aromatic ring is 1. The van der Waals surface area contributed by atoms with E-state index in [1.54, 1.807) is 13.0 Å². The molecule has 0 aliphatic rings. The van der Waals surface area contributed by atoms with Crippen molar-refractivity contribution in [3.63, 3.8) is 0 Å². The lowest BCUT2D eigenvalue weighted by molar-refractivity contribution is 0.0528. The number of benzene rings is 2. The molecule has 0 saturated heterocycles. The first-order valence-corrected chi connectivity index (χ1v) is 7.89. The van der Waals surface area contributed by atoms with E-state index in [-0.39, 0.29) is 23.4 Å². The standard InChI is InChI=1S/C19H18N4O2/c1-4-25-19(24)13-9-12-16(14(10-20)17(13)21)11-7-5-6-8-15(11)22-18(12)23(2)3/h5-9H,4,21H2,1-3H3. The number of nitriles is 1. The predicted molar refractivity (Wildman–Crippen MR) is 98.7 cm³/mol. The second kappa shape index (κ2) is 6.29. The molecule has 0 bridgehead atoms. The van der Waals surface area contributed by atoms with Crippen LogP contribution in [0.1, 0.15) is 22.8 Å². The molecule has 126 valence electrons. The molecule has 0 saturated carbocycles. The second-order valence-corrected chi connectivity index (χ2v) is 5.81. The molecule has 0 fully saturated rings. The van der Waals surface area contributed by atoms with E-state index in [9.17, 15) is 10.1 Å². The number of esters is 1. The van der Waals surface area contributed by atoms with Crippen LogP contribution in [0.3, 0.4) is 0 Å². The summed E-state index contributed by atoms with van der Waals surface area (Å²) in [5, 5.41) is 11.9. The van der Waals surface area contributed by atoms with Gasteiger partial charge in [0.05, 0.1) is 28.9 Å². The normalized spacial score (nSPS) is 10.6. The number of hydrogen-bond acceptors (Lipinski definition) is 6. The van der Waals surface area contributed by atoms with Gasteiger partial charge in [-0.15, -0.1) is 0 Å². The van der Waals surface area contributed by atoms with Gasteiger partial charge in [0.25, 0.3) is 0 Å². The number of fused-ring (bicyclic) bond motifs is 3. The molecule has 2 N–H and O–H groups in total. The van der Waals surface area contributed by atoms with Crippen molar-refractivity contribution in [1.82, 2.24) is 4.98 Å². The average Bonchev–Trinajstić information content (AvgIpc) is 2.60. The lowest BCUT2D eigenvalue weighted by Gasteiger charge is -2.18. The number of para-hydroxylation sites is 1. The molecule has 0 aliphatic heterocycles. The van der Waals surface area contributed by atoms with E-state index in [1.807, 2.05) is 43.3 Å².